The summed E-state index contributed by atoms with van der Waals surface area (Å²) in [4.78, 5) is 19.1. The maximum atomic E-state index is 14.5. The van der Waals surface area contributed by atoms with Crippen molar-refractivity contribution in [2.45, 2.75) is 62.4 Å². The van der Waals surface area contributed by atoms with Gasteiger partial charge in [-0.05, 0) is 49.9 Å². The Hall–Kier alpha value is -3.09. The van der Waals surface area contributed by atoms with Crippen molar-refractivity contribution < 1.29 is 13.5 Å². The lowest BCUT2D eigenvalue weighted by Crippen LogP contribution is -2.51. The molecule has 0 saturated carbocycles. The summed E-state index contributed by atoms with van der Waals surface area (Å²) in [5.74, 6) is 0.798. The Morgan fingerprint density at radius 1 is 1.18 bits per heavy atom. The zero-order chi connectivity index (χ0) is 27.0. The number of thiophene rings is 1. The van der Waals surface area contributed by atoms with Crippen LogP contribution < -0.4 is 20.7 Å². The smallest absolute Gasteiger partial charge is 0.247 e. The zero-order valence-electron chi connectivity index (χ0n) is 22.2. The second-order valence-corrected chi connectivity index (χ2v) is 13.0. The minimum Gasteiger partial charge on any atom is -0.474 e. The molecule has 0 spiro atoms. The molecule has 4 atom stereocenters. The molecule has 7 heterocycles. The molecular weight excluding hydrogens is 534 g/mol. The molecule has 0 unspecified atom stereocenters. The van der Waals surface area contributed by atoms with Crippen molar-refractivity contribution in [1.82, 2.24) is 29.7 Å². The van der Waals surface area contributed by atoms with Gasteiger partial charge in [0.05, 0.1) is 28.1 Å². The molecule has 9 nitrogen and oxygen atoms in total. The number of nitrogens with zero attached hydrogens (tertiary/aromatic N) is 6. The number of rotatable bonds is 6. The van der Waals surface area contributed by atoms with E-state index in [2.05, 4.69) is 20.1 Å². The van der Waals surface area contributed by atoms with Crippen molar-refractivity contribution in [2.75, 3.05) is 43.4 Å². The molecule has 0 aliphatic carbocycles. The molecule has 4 aliphatic rings. The maximum Gasteiger partial charge on any atom is 0.247 e. The van der Waals surface area contributed by atoms with Crippen molar-refractivity contribution in [3.05, 3.63) is 35.9 Å². The summed E-state index contributed by atoms with van der Waals surface area (Å²) in [6.07, 6.45) is 5.70. The number of piperazine rings is 1. The Morgan fingerprint density at radius 2 is 2.02 bits per heavy atom. The van der Waals surface area contributed by atoms with E-state index in [1.54, 1.807) is 12.4 Å². The lowest BCUT2D eigenvalue weighted by molar-refractivity contribution is 0.111. The van der Waals surface area contributed by atoms with E-state index < -0.39 is 6.17 Å². The van der Waals surface area contributed by atoms with Gasteiger partial charge in [-0.25, -0.2) is 13.8 Å². The minimum absolute atomic E-state index is 0.271. The molecule has 0 amide bonds. The van der Waals surface area contributed by atoms with E-state index in [4.69, 9.17) is 20.4 Å². The average Bonchev–Trinajstić information content (AvgIpc) is 3.74. The van der Waals surface area contributed by atoms with Crippen LogP contribution in [0.15, 0.2) is 24.5 Å². The Balaban J connectivity index is 1.18. The van der Waals surface area contributed by atoms with Crippen LogP contribution in [-0.2, 0) is 6.54 Å². The summed E-state index contributed by atoms with van der Waals surface area (Å²) in [7, 11) is 0. The van der Waals surface area contributed by atoms with Gasteiger partial charge in [0.1, 0.15) is 18.6 Å². The molecule has 8 rings (SSSR count). The lowest BCUT2D eigenvalue weighted by atomic mass is 9.95. The van der Waals surface area contributed by atoms with Crippen LogP contribution in [0.4, 0.5) is 19.7 Å². The summed E-state index contributed by atoms with van der Waals surface area (Å²) < 4.78 is 37.9. The SMILES string of the molecule is Nc1cc2c(Cn3cnc4c(OC[C@@]56CCCN5C[C@H](F)C6)nc(N5C[C@H]6CC[C@@H](C5)N6)nc43)ccc(F)c2s1. The lowest BCUT2D eigenvalue weighted by Gasteiger charge is -2.33. The van der Waals surface area contributed by atoms with E-state index in [1.807, 2.05) is 10.6 Å². The second kappa shape index (κ2) is 9.22. The normalized spacial score (nSPS) is 28.2. The Labute approximate surface area is 234 Å². The van der Waals surface area contributed by atoms with E-state index >= 15 is 0 Å². The quantitative estimate of drug-likeness (QED) is 0.365. The maximum absolute atomic E-state index is 14.5. The predicted molar refractivity (Wildman–Crippen MR) is 151 cm³/mol. The van der Waals surface area contributed by atoms with Gasteiger partial charge in [0.25, 0.3) is 0 Å². The number of benzene rings is 1. The van der Waals surface area contributed by atoms with Crippen LogP contribution in [-0.4, -0.2) is 81.0 Å². The minimum atomic E-state index is -0.820. The monoisotopic (exact) mass is 566 g/mol. The number of halogens is 2. The zero-order valence-corrected chi connectivity index (χ0v) is 23.0. The molecule has 12 heteroatoms. The van der Waals surface area contributed by atoms with Crippen LogP contribution in [0, 0.1) is 5.82 Å². The van der Waals surface area contributed by atoms with Crippen molar-refractivity contribution >= 4 is 43.5 Å². The van der Waals surface area contributed by atoms with Gasteiger partial charge in [0, 0.05) is 43.5 Å². The largest absolute Gasteiger partial charge is 0.474 e. The molecular formula is C28H32F2N8OS. The first-order chi connectivity index (χ1) is 19.4. The Bertz CT molecular complexity index is 1600. The number of imidazole rings is 1. The fraction of sp³-hybridized carbons (Fsp3) is 0.536. The highest BCUT2D eigenvalue weighted by atomic mass is 32.1. The number of alkyl halides is 1. The van der Waals surface area contributed by atoms with Gasteiger partial charge in [0.15, 0.2) is 11.2 Å². The van der Waals surface area contributed by atoms with Gasteiger partial charge in [-0.3, -0.25) is 4.90 Å². The summed E-state index contributed by atoms with van der Waals surface area (Å²) in [5.41, 5.74) is 7.93. The highest BCUT2D eigenvalue weighted by molar-refractivity contribution is 7.22. The van der Waals surface area contributed by atoms with E-state index in [0.29, 0.717) is 70.9 Å². The van der Waals surface area contributed by atoms with Crippen LogP contribution in [0.25, 0.3) is 21.3 Å². The fourth-order valence-electron chi connectivity index (χ4n) is 7.36. The van der Waals surface area contributed by atoms with E-state index in [0.717, 1.165) is 56.3 Å². The number of aromatic nitrogens is 4. The van der Waals surface area contributed by atoms with Gasteiger partial charge in [0.2, 0.25) is 11.8 Å². The first kappa shape index (κ1) is 24.7. The third-order valence-corrected chi connectivity index (χ3v) is 10.2. The van der Waals surface area contributed by atoms with Crippen molar-refractivity contribution in [3.63, 3.8) is 0 Å². The molecule has 4 aromatic rings. The second-order valence-electron chi connectivity index (χ2n) is 11.9. The number of nitrogen functional groups attached to an aromatic ring is 1. The molecule has 210 valence electrons. The molecule has 4 aliphatic heterocycles. The average molecular weight is 567 g/mol. The Kier molecular flexibility index (Phi) is 5.69. The van der Waals surface area contributed by atoms with Crippen LogP contribution in [0.5, 0.6) is 5.88 Å². The standard InChI is InChI=1S/C28H32F2N8OS/c29-17-9-28(6-1-7-38(28)11-17)14-39-26-23-25(34-27(35-26)36-12-18-3-4-19(13-36)33-18)37(15-32-23)10-16-2-5-21(30)24-20(16)8-22(31)40-24/h2,5,8,15,17-19,33H,1,3-4,6-7,9-14,31H2/t17-,18-,19+,28+/m1/s1. The van der Waals surface area contributed by atoms with E-state index in [1.165, 1.54) is 17.4 Å². The molecule has 3 aromatic heterocycles. The molecule has 0 radical (unpaired) electrons. The predicted octanol–water partition coefficient (Wildman–Crippen LogP) is 3.71. The molecule has 2 bridgehead atoms. The van der Waals surface area contributed by atoms with Crippen LogP contribution in [0.2, 0.25) is 0 Å². The van der Waals surface area contributed by atoms with Crippen LogP contribution in [0.1, 0.15) is 37.7 Å². The third kappa shape index (κ3) is 4.02. The number of nitrogens with two attached hydrogens (primary N) is 1. The summed E-state index contributed by atoms with van der Waals surface area (Å²) in [6, 6.07) is 5.97. The van der Waals surface area contributed by atoms with Crippen LogP contribution >= 0.6 is 11.3 Å². The summed E-state index contributed by atoms with van der Waals surface area (Å²) in [5, 5.41) is 5.05. The van der Waals surface area contributed by atoms with Gasteiger partial charge >= 0.3 is 0 Å². The molecule has 4 fully saturated rings. The highest BCUT2D eigenvalue weighted by Crippen LogP contribution is 2.41. The topological polar surface area (TPSA) is 97.4 Å². The molecule has 4 saturated heterocycles. The number of fused-ring (bicyclic) bond motifs is 5. The first-order valence-electron chi connectivity index (χ1n) is 14.2. The van der Waals surface area contributed by atoms with Gasteiger partial charge in [-0.2, -0.15) is 9.97 Å². The number of hydrogen-bond donors (Lipinski definition) is 2. The van der Waals surface area contributed by atoms with Crippen molar-refractivity contribution in [2.24, 2.45) is 0 Å². The van der Waals surface area contributed by atoms with E-state index in [-0.39, 0.29) is 11.4 Å². The van der Waals surface area contributed by atoms with Crippen molar-refractivity contribution in [3.8, 4) is 5.88 Å². The molecule has 3 N–H and O–H groups in total. The van der Waals surface area contributed by atoms with Crippen LogP contribution in [0.3, 0.4) is 0 Å². The number of nitrogens with one attached hydrogen (secondary N) is 1. The van der Waals surface area contributed by atoms with Crippen molar-refractivity contribution in [1.29, 1.82) is 0 Å². The first-order valence-corrected chi connectivity index (χ1v) is 15.0. The Morgan fingerprint density at radius 3 is 2.88 bits per heavy atom. The number of ether oxygens (including phenoxy) is 1. The summed E-state index contributed by atoms with van der Waals surface area (Å²) >= 11 is 1.25. The highest BCUT2D eigenvalue weighted by Gasteiger charge is 2.49. The van der Waals surface area contributed by atoms with Gasteiger partial charge < -0.3 is 25.3 Å². The van der Waals surface area contributed by atoms with Gasteiger partial charge in [-0.1, -0.05) is 6.07 Å². The summed E-state index contributed by atoms with van der Waals surface area (Å²) in [6.45, 7) is 3.89. The molecule has 1 aromatic carbocycles. The fourth-order valence-corrected chi connectivity index (χ4v) is 8.24. The van der Waals surface area contributed by atoms with E-state index in [9.17, 15) is 8.78 Å². The molecule has 40 heavy (non-hydrogen) atoms. The number of anilines is 2. The van der Waals surface area contributed by atoms with Gasteiger partial charge in [-0.15, -0.1) is 11.3 Å². The number of hydrogen-bond acceptors (Lipinski definition) is 9. The third-order valence-electron chi connectivity index (χ3n) is 9.24.